The van der Waals surface area contributed by atoms with Crippen molar-refractivity contribution >= 4 is 40.8 Å². The fourth-order valence-corrected chi connectivity index (χ4v) is 3.76. The van der Waals surface area contributed by atoms with Crippen LogP contribution in [0.4, 0.5) is 0 Å². The molecule has 6 heteroatoms. The van der Waals surface area contributed by atoms with Gasteiger partial charge in [0.1, 0.15) is 0 Å². The first kappa shape index (κ1) is 19.1. The average Bonchev–Trinajstić information content (AvgIpc) is 2.89. The molecule has 1 aliphatic rings. The van der Waals surface area contributed by atoms with Gasteiger partial charge in [0.05, 0.1) is 5.92 Å². The summed E-state index contributed by atoms with van der Waals surface area (Å²) < 4.78 is 0. The van der Waals surface area contributed by atoms with Crippen LogP contribution in [-0.4, -0.2) is 23.0 Å². The fourth-order valence-electron chi connectivity index (χ4n) is 3.59. The number of rotatable bonds is 4. The molecule has 2 atom stereocenters. The highest BCUT2D eigenvalue weighted by molar-refractivity contribution is 6.31. The number of halogens is 2. The number of aromatic amines is 1. The summed E-state index contributed by atoms with van der Waals surface area (Å²) in [5, 5.41) is 4.90. The highest BCUT2D eigenvalue weighted by Crippen LogP contribution is 2.31. The minimum atomic E-state index is -0.378. The number of fused-ring (bicyclic) bond motifs is 1. The van der Waals surface area contributed by atoms with E-state index in [4.69, 9.17) is 17.3 Å². The van der Waals surface area contributed by atoms with Crippen molar-refractivity contribution in [2.75, 3.05) is 6.54 Å². The van der Waals surface area contributed by atoms with E-state index in [1.54, 1.807) is 0 Å². The lowest BCUT2D eigenvalue weighted by atomic mass is 9.74. The molecule has 2 unspecified atom stereocenters. The quantitative estimate of drug-likeness (QED) is 0.766. The average molecular weight is 370 g/mol. The molecule has 0 spiro atoms. The summed E-state index contributed by atoms with van der Waals surface area (Å²) in [7, 11) is 0. The van der Waals surface area contributed by atoms with E-state index in [1.807, 2.05) is 31.3 Å². The van der Waals surface area contributed by atoms with Gasteiger partial charge in [-0.05, 0) is 49.9 Å². The maximum atomic E-state index is 12.4. The van der Waals surface area contributed by atoms with Crippen LogP contribution in [0.25, 0.3) is 10.9 Å². The molecular weight excluding hydrogens is 345 g/mol. The lowest BCUT2D eigenvalue weighted by molar-refractivity contribution is -0.128. The molecule has 132 valence electrons. The van der Waals surface area contributed by atoms with E-state index in [-0.39, 0.29) is 29.8 Å². The van der Waals surface area contributed by atoms with Crippen molar-refractivity contribution in [1.82, 2.24) is 10.3 Å². The molecule has 1 heterocycles. The summed E-state index contributed by atoms with van der Waals surface area (Å²) in [6, 6.07) is 5.81. The van der Waals surface area contributed by atoms with Gasteiger partial charge in [0.2, 0.25) is 5.91 Å². The van der Waals surface area contributed by atoms with Gasteiger partial charge in [0, 0.05) is 34.2 Å². The fraction of sp³-hybridized carbons (Fsp3) is 0.500. The van der Waals surface area contributed by atoms with E-state index in [9.17, 15) is 4.79 Å². The standard InChI is InChI=1S/C18H24ClN3O.ClH/c1-18(20)8-3-2-4-15(18)17(23)21-9-7-12-11-22-16-6-5-13(19)10-14(12)16;/h5-6,10-11,15,22H,2-4,7-9,20H2,1H3,(H,21,23);1H. The number of aromatic nitrogens is 1. The highest BCUT2D eigenvalue weighted by Gasteiger charge is 2.37. The minimum absolute atomic E-state index is 0. The van der Waals surface area contributed by atoms with Gasteiger partial charge >= 0.3 is 0 Å². The van der Waals surface area contributed by atoms with E-state index in [1.165, 1.54) is 5.56 Å². The first-order valence-electron chi connectivity index (χ1n) is 8.29. The van der Waals surface area contributed by atoms with Crippen LogP contribution >= 0.6 is 24.0 Å². The first-order chi connectivity index (χ1) is 11.0. The first-order valence-corrected chi connectivity index (χ1v) is 8.67. The number of benzene rings is 1. The molecule has 1 aromatic heterocycles. The summed E-state index contributed by atoms with van der Waals surface area (Å²) in [4.78, 5) is 15.7. The van der Waals surface area contributed by atoms with E-state index >= 15 is 0 Å². The molecule has 4 nitrogen and oxygen atoms in total. The third-order valence-corrected chi connectivity index (χ3v) is 5.23. The Balaban J connectivity index is 0.00000208. The molecule has 24 heavy (non-hydrogen) atoms. The highest BCUT2D eigenvalue weighted by atomic mass is 35.5. The number of amides is 1. The molecule has 1 fully saturated rings. The van der Waals surface area contributed by atoms with Gasteiger partial charge in [0.15, 0.2) is 0 Å². The molecule has 1 saturated carbocycles. The molecule has 4 N–H and O–H groups in total. The molecule has 0 aliphatic heterocycles. The van der Waals surface area contributed by atoms with Crippen molar-refractivity contribution in [2.24, 2.45) is 11.7 Å². The Kier molecular flexibility index (Phi) is 6.18. The zero-order valence-corrected chi connectivity index (χ0v) is 15.5. The van der Waals surface area contributed by atoms with Crippen molar-refractivity contribution in [3.63, 3.8) is 0 Å². The van der Waals surface area contributed by atoms with Crippen molar-refractivity contribution < 1.29 is 4.79 Å². The number of nitrogens with one attached hydrogen (secondary N) is 2. The van der Waals surface area contributed by atoms with E-state index in [2.05, 4.69) is 10.3 Å². The second kappa shape index (κ2) is 7.77. The molecule has 1 aliphatic carbocycles. The molecule has 3 rings (SSSR count). The van der Waals surface area contributed by atoms with E-state index in [0.29, 0.717) is 6.54 Å². The van der Waals surface area contributed by atoms with Crippen LogP contribution in [0.5, 0.6) is 0 Å². The summed E-state index contributed by atoms with van der Waals surface area (Å²) in [6.45, 7) is 2.61. The maximum Gasteiger partial charge on any atom is 0.224 e. The molecule has 0 bridgehead atoms. The molecule has 0 radical (unpaired) electrons. The van der Waals surface area contributed by atoms with Crippen molar-refractivity contribution in [3.05, 3.63) is 35.0 Å². The third-order valence-electron chi connectivity index (χ3n) is 4.99. The van der Waals surface area contributed by atoms with Gasteiger partial charge in [-0.2, -0.15) is 0 Å². The number of carbonyl (C=O) groups is 1. The summed E-state index contributed by atoms with van der Waals surface area (Å²) >= 11 is 6.07. The van der Waals surface area contributed by atoms with Crippen molar-refractivity contribution in [1.29, 1.82) is 0 Å². The summed E-state index contributed by atoms with van der Waals surface area (Å²) in [5.41, 5.74) is 8.16. The smallest absolute Gasteiger partial charge is 0.224 e. The van der Waals surface area contributed by atoms with Gasteiger partial charge < -0.3 is 16.0 Å². The molecule has 1 aromatic carbocycles. The van der Waals surface area contributed by atoms with Crippen molar-refractivity contribution in [3.8, 4) is 0 Å². The van der Waals surface area contributed by atoms with Crippen LogP contribution in [-0.2, 0) is 11.2 Å². The largest absolute Gasteiger partial charge is 0.361 e. The predicted molar refractivity (Wildman–Crippen MR) is 102 cm³/mol. The van der Waals surface area contributed by atoms with Gasteiger partial charge in [-0.3, -0.25) is 4.79 Å². The van der Waals surface area contributed by atoms with E-state index < -0.39 is 0 Å². The second-order valence-electron chi connectivity index (χ2n) is 6.85. The van der Waals surface area contributed by atoms with Crippen LogP contribution in [0.15, 0.2) is 24.4 Å². The molecule has 2 aromatic rings. The van der Waals surface area contributed by atoms with Gasteiger partial charge in [0.25, 0.3) is 0 Å². The Hall–Kier alpha value is -1.23. The zero-order chi connectivity index (χ0) is 16.4. The minimum Gasteiger partial charge on any atom is -0.361 e. The number of hydrogen-bond acceptors (Lipinski definition) is 2. The Morgan fingerprint density at radius 1 is 1.46 bits per heavy atom. The Bertz CT molecular complexity index is 711. The van der Waals surface area contributed by atoms with E-state index in [0.717, 1.165) is 48.0 Å². The summed E-state index contributed by atoms with van der Waals surface area (Å²) in [6.07, 6.45) is 6.78. The van der Waals surface area contributed by atoms with Crippen LogP contribution in [0, 0.1) is 5.92 Å². The molecule has 0 saturated heterocycles. The molecule has 1 amide bonds. The van der Waals surface area contributed by atoms with Crippen molar-refractivity contribution in [2.45, 2.75) is 44.6 Å². The number of carbonyl (C=O) groups excluding carboxylic acids is 1. The topological polar surface area (TPSA) is 70.9 Å². The van der Waals surface area contributed by atoms with Crippen LogP contribution < -0.4 is 11.1 Å². The Morgan fingerprint density at radius 2 is 2.25 bits per heavy atom. The number of H-pyrrole nitrogens is 1. The number of hydrogen-bond donors (Lipinski definition) is 3. The Morgan fingerprint density at radius 3 is 3.00 bits per heavy atom. The number of nitrogens with two attached hydrogens (primary N) is 1. The monoisotopic (exact) mass is 369 g/mol. The van der Waals surface area contributed by atoms with Gasteiger partial charge in [-0.15, -0.1) is 12.4 Å². The van der Waals surface area contributed by atoms with Gasteiger partial charge in [-0.1, -0.05) is 24.4 Å². The van der Waals surface area contributed by atoms with Gasteiger partial charge in [-0.25, -0.2) is 0 Å². The lowest BCUT2D eigenvalue weighted by Gasteiger charge is -2.37. The SMILES string of the molecule is CC1(N)CCCCC1C(=O)NCCc1c[nH]c2ccc(Cl)cc12.Cl. The zero-order valence-electron chi connectivity index (χ0n) is 13.9. The molecular formula is C18H25Cl2N3O. The predicted octanol–water partition coefficient (Wildman–Crippen LogP) is 3.81. The van der Waals surface area contributed by atoms with Crippen LogP contribution in [0.2, 0.25) is 5.02 Å². The van der Waals surface area contributed by atoms with Crippen LogP contribution in [0.1, 0.15) is 38.2 Å². The third kappa shape index (κ3) is 4.05. The Labute approximate surface area is 153 Å². The second-order valence-corrected chi connectivity index (χ2v) is 7.29. The normalized spacial score (nSPS) is 23.7. The maximum absolute atomic E-state index is 12.4. The van der Waals surface area contributed by atoms with Crippen LogP contribution in [0.3, 0.4) is 0 Å². The lowest BCUT2D eigenvalue weighted by Crippen LogP contribution is -2.53. The summed E-state index contributed by atoms with van der Waals surface area (Å²) in [5.74, 6) is 0.0150.